The van der Waals surface area contributed by atoms with Crippen molar-refractivity contribution in [2.45, 2.75) is 0 Å². The van der Waals surface area contributed by atoms with Crippen LogP contribution in [0.1, 0.15) is 0 Å². The van der Waals surface area contributed by atoms with Crippen molar-refractivity contribution in [3.8, 4) is 0 Å². The first kappa shape index (κ1) is 9.66. The van der Waals surface area contributed by atoms with E-state index in [1.54, 1.807) is 18.5 Å². The molecule has 43 valence electrons. The van der Waals surface area contributed by atoms with Crippen LogP contribution < -0.4 is 0 Å². The average Bonchev–Trinajstić information content (AvgIpc) is 1.77. The quantitative estimate of drug-likeness (QED) is 0.463. The van der Waals surface area contributed by atoms with Gasteiger partial charge in [-0.3, -0.25) is 0 Å². The molecule has 1 N–H and O–H groups in total. The first-order valence-corrected chi connectivity index (χ1v) is 2.92. The molecular weight excluding hydrogens is 165 g/mol. The Morgan fingerprint density at radius 3 is 2.56 bits per heavy atom. The van der Waals surface area contributed by atoms with Gasteiger partial charge in [0.25, 0.3) is 0 Å². The van der Waals surface area contributed by atoms with E-state index in [0.29, 0.717) is 9.53 Å². The molecule has 0 unspecified atom stereocenters. The van der Waals surface area contributed by atoms with Gasteiger partial charge < -0.3 is 4.98 Å². The molecule has 0 aromatic carbocycles. The maximum atomic E-state index is 5.57. The predicted octanol–water partition coefficient (Wildman–Crippen LogP) is 2.02. The molecule has 0 aliphatic rings. The number of rotatable bonds is 0. The first-order chi connectivity index (χ1) is 3.80. The number of aromatic nitrogens is 1. The molecule has 0 atom stereocenters. The van der Waals surface area contributed by atoms with Crippen molar-refractivity contribution in [2.75, 3.05) is 0 Å². The molecule has 1 heterocycles. The van der Waals surface area contributed by atoms with Crippen molar-refractivity contribution in [1.29, 1.82) is 0 Å². The molecule has 0 spiro atoms. The van der Waals surface area contributed by atoms with Crippen LogP contribution in [0.3, 0.4) is 0 Å². The van der Waals surface area contributed by atoms with Crippen LogP contribution in [0.15, 0.2) is 18.5 Å². The van der Waals surface area contributed by atoms with Crippen molar-refractivity contribution < 1.29 is 0 Å². The number of aromatic amines is 1. The van der Waals surface area contributed by atoms with Crippen LogP contribution in [0.4, 0.5) is 0 Å². The van der Waals surface area contributed by atoms with Gasteiger partial charge in [-0.1, -0.05) is 23.8 Å². The summed E-state index contributed by atoms with van der Waals surface area (Å²) in [6, 6.07) is 1.75. The summed E-state index contributed by atoms with van der Waals surface area (Å²) in [7, 11) is 0. The fraction of sp³-hybridized carbons (Fsp3) is 0. The zero-order chi connectivity index (χ0) is 5.98. The summed E-state index contributed by atoms with van der Waals surface area (Å²) in [6.07, 6.45) is 3.40. The Morgan fingerprint density at radius 1 is 1.56 bits per heavy atom. The minimum Gasteiger partial charge on any atom is -0.366 e. The second-order valence-electron chi connectivity index (χ2n) is 1.36. The molecule has 0 amide bonds. The summed E-state index contributed by atoms with van der Waals surface area (Å²) in [5, 5.41) is 0.600. The normalized spacial score (nSPS) is 8.11. The number of pyridine rings is 1. The Labute approximate surface area is 85.7 Å². The average molecular weight is 169 g/mol. The van der Waals surface area contributed by atoms with Crippen LogP contribution in [-0.2, 0) is 0 Å². The summed E-state index contributed by atoms with van der Waals surface area (Å²) < 4.78 is 0.686. The van der Waals surface area contributed by atoms with Gasteiger partial charge in [-0.2, -0.15) is 0 Å². The molecule has 1 rings (SSSR count). The standard InChI is InChI=1S/C5H4ClNS.Na/c6-4-3-7-2-1-5(4)8;/h1-3H,(H,7,8);. The second-order valence-corrected chi connectivity index (χ2v) is 2.20. The van der Waals surface area contributed by atoms with Crippen molar-refractivity contribution in [1.82, 2.24) is 4.98 Å². The molecule has 4 heteroatoms. The third kappa shape index (κ3) is 2.83. The van der Waals surface area contributed by atoms with Crippen molar-refractivity contribution >= 4 is 53.4 Å². The van der Waals surface area contributed by atoms with Crippen LogP contribution in [-0.4, -0.2) is 34.5 Å². The Hall–Kier alpha value is 0.660. The molecule has 0 saturated carbocycles. The Morgan fingerprint density at radius 2 is 2.22 bits per heavy atom. The Balaban J connectivity index is 0.000000640. The van der Waals surface area contributed by atoms with Gasteiger partial charge in [-0.15, -0.1) is 0 Å². The third-order valence-electron chi connectivity index (χ3n) is 0.776. The van der Waals surface area contributed by atoms with Crippen LogP contribution in [0, 0.1) is 4.51 Å². The summed E-state index contributed by atoms with van der Waals surface area (Å²) in [4.78, 5) is 2.80. The van der Waals surface area contributed by atoms with E-state index in [-0.39, 0.29) is 29.6 Å². The predicted molar refractivity (Wildman–Crippen MR) is 42.4 cm³/mol. The molecular formula is C5H4ClNNaS. The fourth-order valence-corrected chi connectivity index (χ4v) is 0.649. The van der Waals surface area contributed by atoms with Crippen molar-refractivity contribution in [3.63, 3.8) is 0 Å². The molecule has 1 aromatic heterocycles. The first-order valence-electron chi connectivity index (χ1n) is 2.13. The number of nitrogens with one attached hydrogen (secondary N) is 1. The van der Waals surface area contributed by atoms with E-state index >= 15 is 0 Å². The van der Waals surface area contributed by atoms with Gasteiger partial charge in [0.1, 0.15) is 0 Å². The van der Waals surface area contributed by atoms with Gasteiger partial charge in [-0.05, 0) is 6.07 Å². The molecule has 0 aliphatic carbocycles. The summed E-state index contributed by atoms with van der Waals surface area (Å²) >= 11 is 10.4. The molecule has 1 nitrogen and oxygen atoms in total. The minimum atomic E-state index is 0. The van der Waals surface area contributed by atoms with Crippen molar-refractivity contribution in [3.05, 3.63) is 28.0 Å². The van der Waals surface area contributed by atoms with E-state index in [4.69, 9.17) is 23.8 Å². The van der Waals surface area contributed by atoms with Gasteiger partial charge in [0, 0.05) is 42.0 Å². The van der Waals surface area contributed by atoms with Gasteiger partial charge in [0.05, 0.1) is 9.53 Å². The van der Waals surface area contributed by atoms with Gasteiger partial charge in [0.15, 0.2) is 0 Å². The zero-order valence-corrected chi connectivity index (χ0v) is 8.59. The smallest absolute Gasteiger partial charge is 0.0746 e. The number of H-pyrrole nitrogens is 1. The molecule has 0 fully saturated rings. The summed E-state index contributed by atoms with van der Waals surface area (Å²) in [5.74, 6) is 0. The van der Waals surface area contributed by atoms with Crippen molar-refractivity contribution in [2.24, 2.45) is 0 Å². The van der Waals surface area contributed by atoms with E-state index in [2.05, 4.69) is 4.98 Å². The second kappa shape index (κ2) is 4.47. The topological polar surface area (TPSA) is 15.8 Å². The van der Waals surface area contributed by atoms with Gasteiger partial charge >= 0.3 is 0 Å². The Bertz CT molecular complexity index is 234. The van der Waals surface area contributed by atoms with E-state index in [1.165, 1.54) is 0 Å². The number of hydrogen-bond donors (Lipinski definition) is 1. The number of halogens is 1. The van der Waals surface area contributed by atoms with E-state index in [9.17, 15) is 0 Å². The summed E-state index contributed by atoms with van der Waals surface area (Å²) in [6.45, 7) is 0. The van der Waals surface area contributed by atoms with Crippen LogP contribution in [0.2, 0.25) is 5.02 Å². The molecule has 0 bridgehead atoms. The molecule has 0 aliphatic heterocycles. The SMILES string of the molecule is S=c1cc[nH]cc1Cl.[Na]. The third-order valence-corrected chi connectivity index (χ3v) is 1.56. The number of hydrogen-bond acceptors (Lipinski definition) is 1. The maximum Gasteiger partial charge on any atom is 0.0746 e. The Kier molecular flexibility index (Phi) is 4.80. The fourth-order valence-electron chi connectivity index (χ4n) is 0.396. The molecule has 1 radical (unpaired) electrons. The van der Waals surface area contributed by atoms with Crippen LogP contribution in [0.5, 0.6) is 0 Å². The molecule has 9 heavy (non-hydrogen) atoms. The van der Waals surface area contributed by atoms with E-state index in [0.717, 1.165) is 0 Å². The largest absolute Gasteiger partial charge is 0.366 e. The molecule has 1 aromatic rings. The van der Waals surface area contributed by atoms with E-state index in [1.807, 2.05) is 0 Å². The van der Waals surface area contributed by atoms with E-state index < -0.39 is 0 Å². The van der Waals surface area contributed by atoms with Gasteiger partial charge in [-0.25, -0.2) is 0 Å². The van der Waals surface area contributed by atoms with Crippen LogP contribution >= 0.6 is 23.8 Å². The molecule has 0 saturated heterocycles. The van der Waals surface area contributed by atoms with Gasteiger partial charge in [0.2, 0.25) is 0 Å². The van der Waals surface area contributed by atoms with Crippen LogP contribution in [0.25, 0.3) is 0 Å². The zero-order valence-electron chi connectivity index (χ0n) is 5.02. The summed E-state index contributed by atoms with van der Waals surface area (Å²) in [5.41, 5.74) is 0. The minimum absolute atomic E-state index is 0. The monoisotopic (exact) mass is 168 g/mol. The maximum absolute atomic E-state index is 5.57.